The van der Waals surface area contributed by atoms with Crippen molar-refractivity contribution in [1.82, 2.24) is 0 Å². The van der Waals surface area contributed by atoms with E-state index in [0.717, 1.165) is 0 Å². The van der Waals surface area contributed by atoms with Crippen molar-refractivity contribution in [1.29, 1.82) is 0 Å². The van der Waals surface area contributed by atoms with Crippen LogP contribution in [0.4, 0.5) is 5.69 Å². The molecule has 0 heterocycles. The van der Waals surface area contributed by atoms with Gasteiger partial charge in [-0.05, 0) is 28.1 Å². The molecule has 2 aromatic carbocycles. The third kappa shape index (κ3) is 3.38. The molecule has 21 heavy (non-hydrogen) atoms. The van der Waals surface area contributed by atoms with E-state index in [0.29, 0.717) is 15.8 Å². The zero-order chi connectivity index (χ0) is 15.4. The smallest absolute Gasteiger partial charge is 0.283 e. The first-order valence-corrected chi connectivity index (χ1v) is 6.73. The summed E-state index contributed by atoms with van der Waals surface area (Å²) in [5.41, 5.74) is 6.08. The highest BCUT2D eigenvalue weighted by Gasteiger charge is 2.16. The predicted molar refractivity (Wildman–Crippen MR) is 80.1 cm³/mol. The maximum Gasteiger partial charge on any atom is 0.283 e. The van der Waals surface area contributed by atoms with Crippen LogP contribution in [0.1, 0.15) is 15.9 Å². The van der Waals surface area contributed by atoms with Crippen molar-refractivity contribution < 1.29 is 14.5 Å². The minimum Gasteiger partial charge on any atom is -0.488 e. The van der Waals surface area contributed by atoms with Gasteiger partial charge in [0.2, 0.25) is 0 Å². The molecule has 2 rings (SSSR count). The quantitative estimate of drug-likeness (QED) is 0.662. The highest BCUT2D eigenvalue weighted by Crippen LogP contribution is 2.29. The Morgan fingerprint density at radius 1 is 1.24 bits per heavy atom. The van der Waals surface area contributed by atoms with Crippen molar-refractivity contribution in [2.24, 2.45) is 5.73 Å². The lowest BCUT2D eigenvalue weighted by molar-refractivity contribution is -0.385. The number of para-hydroxylation sites is 1. The highest BCUT2D eigenvalue weighted by molar-refractivity contribution is 9.10. The minimum absolute atomic E-state index is 0.0423. The van der Waals surface area contributed by atoms with Gasteiger partial charge in [-0.2, -0.15) is 0 Å². The number of primary amides is 1. The SMILES string of the molecule is NC(=O)c1ccccc1OCc1cccc([N+](=O)[O-])c1Br. The molecule has 1 amide bonds. The van der Waals surface area contributed by atoms with Crippen molar-refractivity contribution in [3.05, 3.63) is 68.2 Å². The Morgan fingerprint density at radius 3 is 2.62 bits per heavy atom. The molecule has 0 fully saturated rings. The van der Waals surface area contributed by atoms with Gasteiger partial charge in [0.1, 0.15) is 16.8 Å². The topological polar surface area (TPSA) is 95.5 Å². The molecule has 0 atom stereocenters. The molecule has 2 N–H and O–H groups in total. The number of amides is 1. The molecule has 108 valence electrons. The lowest BCUT2D eigenvalue weighted by atomic mass is 10.2. The van der Waals surface area contributed by atoms with E-state index in [1.165, 1.54) is 6.07 Å². The van der Waals surface area contributed by atoms with Gasteiger partial charge in [-0.3, -0.25) is 14.9 Å². The van der Waals surface area contributed by atoms with Gasteiger partial charge in [0.05, 0.1) is 10.5 Å². The summed E-state index contributed by atoms with van der Waals surface area (Å²) in [4.78, 5) is 21.7. The molecule has 6 nitrogen and oxygen atoms in total. The first-order valence-electron chi connectivity index (χ1n) is 5.94. The Balaban J connectivity index is 2.23. The second kappa shape index (κ2) is 6.36. The summed E-state index contributed by atoms with van der Waals surface area (Å²) >= 11 is 3.19. The van der Waals surface area contributed by atoms with Crippen LogP contribution in [-0.4, -0.2) is 10.8 Å². The van der Waals surface area contributed by atoms with Crippen LogP contribution in [-0.2, 0) is 6.61 Å². The Labute approximate surface area is 128 Å². The summed E-state index contributed by atoms with van der Waals surface area (Å²) in [5, 5.41) is 10.9. The van der Waals surface area contributed by atoms with Crippen LogP contribution in [0.25, 0.3) is 0 Å². The third-order valence-electron chi connectivity index (χ3n) is 2.79. The number of nitrogens with two attached hydrogens (primary N) is 1. The average molecular weight is 351 g/mol. The molecule has 0 aromatic heterocycles. The molecule has 0 aliphatic rings. The van der Waals surface area contributed by atoms with E-state index in [9.17, 15) is 14.9 Å². The van der Waals surface area contributed by atoms with E-state index < -0.39 is 10.8 Å². The van der Waals surface area contributed by atoms with Crippen LogP contribution in [0.15, 0.2) is 46.9 Å². The van der Waals surface area contributed by atoms with E-state index in [2.05, 4.69) is 15.9 Å². The summed E-state index contributed by atoms with van der Waals surface area (Å²) in [7, 11) is 0. The van der Waals surface area contributed by atoms with Crippen molar-refractivity contribution >= 4 is 27.5 Å². The molecule has 0 spiro atoms. The highest BCUT2D eigenvalue weighted by atomic mass is 79.9. The van der Waals surface area contributed by atoms with Crippen molar-refractivity contribution in [3.8, 4) is 5.75 Å². The van der Waals surface area contributed by atoms with Gasteiger partial charge in [0.25, 0.3) is 11.6 Å². The molecular weight excluding hydrogens is 340 g/mol. The molecule has 0 saturated heterocycles. The molecule has 0 radical (unpaired) electrons. The summed E-state index contributed by atoms with van der Waals surface area (Å²) in [6.07, 6.45) is 0. The fourth-order valence-electron chi connectivity index (χ4n) is 1.77. The number of ether oxygens (including phenoxy) is 1. The number of rotatable bonds is 5. The van der Waals surface area contributed by atoms with E-state index in [-0.39, 0.29) is 17.9 Å². The van der Waals surface area contributed by atoms with Crippen LogP contribution in [0, 0.1) is 10.1 Å². The minimum atomic E-state index is -0.594. The molecule has 7 heteroatoms. The van der Waals surface area contributed by atoms with E-state index in [4.69, 9.17) is 10.5 Å². The number of carbonyl (C=O) groups excluding carboxylic acids is 1. The molecular formula is C14H11BrN2O4. The van der Waals surface area contributed by atoms with Crippen LogP contribution >= 0.6 is 15.9 Å². The maximum absolute atomic E-state index is 11.3. The molecule has 0 bridgehead atoms. The zero-order valence-corrected chi connectivity index (χ0v) is 12.4. The normalized spacial score (nSPS) is 10.1. The van der Waals surface area contributed by atoms with Crippen LogP contribution < -0.4 is 10.5 Å². The second-order valence-electron chi connectivity index (χ2n) is 4.16. The van der Waals surface area contributed by atoms with E-state index >= 15 is 0 Å². The maximum atomic E-state index is 11.3. The fourth-order valence-corrected chi connectivity index (χ4v) is 2.29. The van der Waals surface area contributed by atoms with Crippen LogP contribution in [0.3, 0.4) is 0 Å². The zero-order valence-electron chi connectivity index (χ0n) is 10.8. The van der Waals surface area contributed by atoms with Gasteiger partial charge in [0.15, 0.2) is 0 Å². The fraction of sp³-hybridized carbons (Fsp3) is 0.0714. The largest absolute Gasteiger partial charge is 0.488 e. The molecule has 0 saturated carbocycles. The Bertz CT molecular complexity index is 703. The van der Waals surface area contributed by atoms with Gasteiger partial charge in [0, 0.05) is 11.6 Å². The average Bonchev–Trinajstić information content (AvgIpc) is 2.46. The number of hydrogen-bond acceptors (Lipinski definition) is 4. The van der Waals surface area contributed by atoms with E-state index in [1.54, 1.807) is 36.4 Å². The lowest BCUT2D eigenvalue weighted by Crippen LogP contribution is -2.13. The molecule has 2 aromatic rings. The molecule has 0 aliphatic heterocycles. The second-order valence-corrected chi connectivity index (χ2v) is 4.95. The third-order valence-corrected chi connectivity index (χ3v) is 3.71. The van der Waals surface area contributed by atoms with E-state index in [1.807, 2.05) is 0 Å². The Kier molecular flexibility index (Phi) is 4.54. The Morgan fingerprint density at radius 2 is 1.95 bits per heavy atom. The number of nitro groups is 1. The summed E-state index contributed by atoms with van der Waals surface area (Å²) in [6, 6.07) is 11.2. The Hall–Kier alpha value is -2.41. The number of nitro benzene ring substituents is 1. The predicted octanol–water partition coefficient (Wildman–Crippen LogP) is 3.04. The van der Waals surface area contributed by atoms with Gasteiger partial charge in [-0.15, -0.1) is 0 Å². The van der Waals surface area contributed by atoms with Crippen LogP contribution in [0.5, 0.6) is 5.75 Å². The van der Waals surface area contributed by atoms with Gasteiger partial charge in [-0.1, -0.05) is 24.3 Å². The number of hydrogen-bond donors (Lipinski definition) is 1. The van der Waals surface area contributed by atoms with Gasteiger partial charge >= 0.3 is 0 Å². The lowest BCUT2D eigenvalue weighted by Gasteiger charge is -2.10. The summed E-state index contributed by atoms with van der Waals surface area (Å²) in [6.45, 7) is 0.0759. The first-order chi connectivity index (χ1) is 10.0. The van der Waals surface area contributed by atoms with Crippen molar-refractivity contribution in [2.75, 3.05) is 0 Å². The standard InChI is InChI=1S/C14H11BrN2O4/c15-13-9(4-3-6-11(13)17(19)20)8-21-12-7-2-1-5-10(12)14(16)18/h1-7H,8H2,(H2,16,18). The van der Waals surface area contributed by atoms with Gasteiger partial charge < -0.3 is 10.5 Å². The number of benzene rings is 2. The molecule has 0 unspecified atom stereocenters. The summed E-state index contributed by atoms with van der Waals surface area (Å²) in [5.74, 6) is -0.257. The number of nitrogens with zero attached hydrogens (tertiary/aromatic N) is 1. The van der Waals surface area contributed by atoms with Crippen molar-refractivity contribution in [3.63, 3.8) is 0 Å². The van der Waals surface area contributed by atoms with Crippen molar-refractivity contribution in [2.45, 2.75) is 6.61 Å². The van der Waals surface area contributed by atoms with Crippen LogP contribution in [0.2, 0.25) is 0 Å². The monoisotopic (exact) mass is 350 g/mol. The molecule has 0 aliphatic carbocycles. The summed E-state index contributed by atoms with van der Waals surface area (Å²) < 4.78 is 5.90. The number of carbonyl (C=O) groups is 1. The number of halogens is 1. The van der Waals surface area contributed by atoms with Gasteiger partial charge in [-0.25, -0.2) is 0 Å². The first kappa shape index (κ1) is 15.0.